The summed E-state index contributed by atoms with van der Waals surface area (Å²) in [6.45, 7) is 0.716. The zero-order valence-electron chi connectivity index (χ0n) is 9.69. The van der Waals surface area contributed by atoms with Crippen LogP contribution in [-0.2, 0) is 9.59 Å². The zero-order valence-corrected chi connectivity index (χ0v) is 9.69. The molecule has 4 nitrogen and oxygen atoms in total. The number of carboxylic acid groups (broad SMARTS) is 1. The Balaban J connectivity index is 2.25. The molecular formula is C12H19NO3. The normalized spacial score (nSPS) is 16.8. The third-order valence-electron chi connectivity index (χ3n) is 3.09. The number of hydrogen-bond acceptors (Lipinski definition) is 2. The summed E-state index contributed by atoms with van der Waals surface area (Å²) in [5.74, 6) is -0.573. The van der Waals surface area contributed by atoms with Crippen LogP contribution >= 0.6 is 0 Å². The van der Waals surface area contributed by atoms with Crippen molar-refractivity contribution in [2.24, 2.45) is 5.92 Å². The minimum absolute atomic E-state index is 0.236. The van der Waals surface area contributed by atoms with Crippen molar-refractivity contribution in [3.8, 4) is 0 Å². The highest BCUT2D eigenvalue weighted by Gasteiger charge is 2.16. The van der Waals surface area contributed by atoms with Crippen molar-refractivity contribution < 1.29 is 14.7 Å². The first-order valence-corrected chi connectivity index (χ1v) is 5.75. The van der Waals surface area contributed by atoms with Gasteiger partial charge < -0.3 is 10.0 Å². The molecule has 1 amide bonds. The Bertz CT molecular complexity index is 280. The van der Waals surface area contributed by atoms with Crippen molar-refractivity contribution in [3.63, 3.8) is 0 Å². The van der Waals surface area contributed by atoms with Crippen LogP contribution in [0.4, 0.5) is 0 Å². The Labute approximate surface area is 95.9 Å². The number of nitrogens with zero attached hydrogens (tertiary/aromatic N) is 1. The van der Waals surface area contributed by atoms with E-state index in [0.717, 1.165) is 24.5 Å². The van der Waals surface area contributed by atoms with Gasteiger partial charge >= 0.3 is 5.97 Å². The molecule has 0 bridgehead atoms. The fourth-order valence-corrected chi connectivity index (χ4v) is 2.06. The monoisotopic (exact) mass is 225 g/mol. The maximum Gasteiger partial charge on any atom is 0.328 e. The van der Waals surface area contributed by atoms with Crippen LogP contribution in [0.2, 0.25) is 0 Å². The highest BCUT2D eigenvalue weighted by Crippen LogP contribution is 2.27. The van der Waals surface area contributed by atoms with E-state index in [9.17, 15) is 9.59 Å². The number of carboxylic acids is 1. The number of amides is 1. The van der Waals surface area contributed by atoms with Crippen LogP contribution < -0.4 is 0 Å². The van der Waals surface area contributed by atoms with Crippen LogP contribution in [0.1, 0.15) is 32.1 Å². The molecule has 0 aromatic carbocycles. The highest BCUT2D eigenvalue weighted by molar-refractivity contribution is 5.93. The molecule has 1 aliphatic carbocycles. The van der Waals surface area contributed by atoms with Gasteiger partial charge in [0.2, 0.25) is 5.91 Å². The van der Waals surface area contributed by atoms with E-state index in [2.05, 4.69) is 0 Å². The lowest BCUT2D eigenvalue weighted by Gasteiger charge is -2.17. The molecule has 0 heterocycles. The summed E-state index contributed by atoms with van der Waals surface area (Å²) in [5.41, 5.74) is 0. The van der Waals surface area contributed by atoms with Gasteiger partial charge in [-0.25, -0.2) is 4.79 Å². The van der Waals surface area contributed by atoms with Gasteiger partial charge in [0.05, 0.1) is 0 Å². The zero-order chi connectivity index (χ0) is 12.0. The summed E-state index contributed by atoms with van der Waals surface area (Å²) in [7, 11) is 1.71. The summed E-state index contributed by atoms with van der Waals surface area (Å²) >= 11 is 0. The second-order valence-electron chi connectivity index (χ2n) is 4.37. The number of aliphatic carboxylic acids is 1. The van der Waals surface area contributed by atoms with Crippen molar-refractivity contribution >= 4 is 11.9 Å². The summed E-state index contributed by atoms with van der Waals surface area (Å²) in [4.78, 5) is 23.2. The lowest BCUT2D eigenvalue weighted by atomic mass is 10.0. The Hall–Kier alpha value is -1.32. The molecule has 1 N–H and O–H groups in total. The molecule has 1 saturated carbocycles. The van der Waals surface area contributed by atoms with Gasteiger partial charge in [0.25, 0.3) is 0 Å². The van der Waals surface area contributed by atoms with Crippen molar-refractivity contribution in [1.82, 2.24) is 4.90 Å². The van der Waals surface area contributed by atoms with Gasteiger partial charge in [-0.2, -0.15) is 0 Å². The minimum atomic E-state index is -1.09. The second kappa shape index (κ2) is 6.30. The molecule has 4 heteroatoms. The molecule has 0 atom stereocenters. The smallest absolute Gasteiger partial charge is 0.328 e. The number of carbonyl (C=O) groups excluding carboxylic acids is 1. The third-order valence-corrected chi connectivity index (χ3v) is 3.09. The van der Waals surface area contributed by atoms with Gasteiger partial charge in [-0.1, -0.05) is 25.7 Å². The lowest BCUT2D eigenvalue weighted by Crippen LogP contribution is -2.27. The molecule has 0 unspecified atom stereocenters. The number of carbonyl (C=O) groups is 2. The number of hydrogen-bond donors (Lipinski definition) is 1. The summed E-state index contributed by atoms with van der Waals surface area (Å²) in [6.07, 6.45) is 8.18. The van der Waals surface area contributed by atoms with Gasteiger partial charge in [0.15, 0.2) is 0 Å². The first kappa shape index (κ1) is 12.7. The maximum absolute atomic E-state index is 11.4. The molecule has 0 saturated heterocycles. The highest BCUT2D eigenvalue weighted by atomic mass is 16.4. The predicted octanol–water partition coefficient (Wildman–Crippen LogP) is 1.67. The van der Waals surface area contributed by atoms with Crippen LogP contribution in [0.15, 0.2) is 12.2 Å². The number of rotatable bonds is 5. The molecule has 1 rings (SSSR count). The Morgan fingerprint density at radius 2 is 1.94 bits per heavy atom. The Kier molecular flexibility index (Phi) is 5.02. The van der Waals surface area contributed by atoms with Crippen LogP contribution in [0.3, 0.4) is 0 Å². The van der Waals surface area contributed by atoms with E-state index in [0.29, 0.717) is 6.54 Å². The molecule has 16 heavy (non-hydrogen) atoms. The molecule has 0 aliphatic heterocycles. The van der Waals surface area contributed by atoms with Gasteiger partial charge in [-0.05, 0) is 12.3 Å². The van der Waals surface area contributed by atoms with Crippen molar-refractivity contribution in [2.45, 2.75) is 32.1 Å². The second-order valence-corrected chi connectivity index (χ2v) is 4.37. The Morgan fingerprint density at radius 3 is 2.50 bits per heavy atom. The van der Waals surface area contributed by atoms with Crippen molar-refractivity contribution in [3.05, 3.63) is 12.2 Å². The largest absolute Gasteiger partial charge is 0.478 e. The molecule has 0 aromatic rings. The predicted molar refractivity (Wildman–Crippen MR) is 61.0 cm³/mol. The first-order chi connectivity index (χ1) is 7.59. The standard InChI is InChI=1S/C12H19NO3/c1-13(11(14)6-7-12(15)16)9-8-10-4-2-3-5-10/h6-7,10H,2-5,8-9H2,1H3,(H,15,16)/b7-6+. The van der Waals surface area contributed by atoms with Crippen LogP contribution in [-0.4, -0.2) is 35.5 Å². The van der Waals surface area contributed by atoms with E-state index < -0.39 is 5.97 Å². The van der Waals surface area contributed by atoms with E-state index in [1.54, 1.807) is 11.9 Å². The van der Waals surface area contributed by atoms with Crippen LogP contribution in [0.25, 0.3) is 0 Å². The molecule has 0 aromatic heterocycles. The molecule has 0 radical (unpaired) electrons. The molecule has 1 aliphatic rings. The molecular weight excluding hydrogens is 206 g/mol. The maximum atomic E-state index is 11.4. The number of likely N-dealkylation sites (N-methyl/N-ethyl adjacent to an activating group) is 1. The summed E-state index contributed by atoms with van der Waals surface area (Å²) in [6, 6.07) is 0. The lowest BCUT2D eigenvalue weighted by molar-refractivity contribution is -0.132. The van der Waals surface area contributed by atoms with Gasteiger partial charge in [-0.15, -0.1) is 0 Å². The first-order valence-electron chi connectivity index (χ1n) is 5.75. The van der Waals surface area contributed by atoms with Crippen LogP contribution in [0, 0.1) is 5.92 Å². The SMILES string of the molecule is CN(CCC1CCCC1)C(=O)/C=C/C(=O)O. The topological polar surface area (TPSA) is 57.6 Å². The minimum Gasteiger partial charge on any atom is -0.478 e. The van der Waals surface area contributed by atoms with Gasteiger partial charge in [0.1, 0.15) is 0 Å². The van der Waals surface area contributed by atoms with Gasteiger partial charge in [-0.3, -0.25) is 4.79 Å². The average Bonchev–Trinajstić information content (AvgIpc) is 2.75. The van der Waals surface area contributed by atoms with E-state index in [4.69, 9.17) is 5.11 Å². The molecule has 1 fully saturated rings. The summed E-state index contributed by atoms with van der Waals surface area (Å²) < 4.78 is 0. The Morgan fingerprint density at radius 1 is 1.31 bits per heavy atom. The van der Waals surface area contributed by atoms with E-state index in [-0.39, 0.29) is 5.91 Å². The van der Waals surface area contributed by atoms with Gasteiger partial charge in [0, 0.05) is 25.7 Å². The van der Waals surface area contributed by atoms with E-state index >= 15 is 0 Å². The van der Waals surface area contributed by atoms with Crippen LogP contribution in [0.5, 0.6) is 0 Å². The fraction of sp³-hybridized carbons (Fsp3) is 0.667. The van der Waals surface area contributed by atoms with E-state index in [1.807, 2.05) is 0 Å². The molecule has 90 valence electrons. The van der Waals surface area contributed by atoms with Crippen molar-refractivity contribution in [1.29, 1.82) is 0 Å². The third kappa shape index (κ3) is 4.47. The fourth-order valence-electron chi connectivity index (χ4n) is 2.06. The summed E-state index contributed by atoms with van der Waals surface area (Å²) in [5, 5.41) is 8.39. The molecule has 0 spiro atoms. The van der Waals surface area contributed by atoms with Crippen molar-refractivity contribution in [2.75, 3.05) is 13.6 Å². The van der Waals surface area contributed by atoms with E-state index in [1.165, 1.54) is 25.7 Å². The quantitative estimate of drug-likeness (QED) is 0.724. The average molecular weight is 225 g/mol.